The lowest BCUT2D eigenvalue weighted by atomic mass is 10.3. The summed E-state index contributed by atoms with van der Waals surface area (Å²) in [6, 6.07) is 5.88. The number of allylic oxidation sites excluding steroid dienone is 1. The van der Waals surface area contributed by atoms with E-state index in [2.05, 4.69) is 27.5 Å². The van der Waals surface area contributed by atoms with Crippen molar-refractivity contribution in [1.82, 2.24) is 9.55 Å². The van der Waals surface area contributed by atoms with Gasteiger partial charge in [-0.1, -0.05) is 22.0 Å². The van der Waals surface area contributed by atoms with Crippen LogP contribution in [0.3, 0.4) is 0 Å². The summed E-state index contributed by atoms with van der Waals surface area (Å²) in [7, 11) is 0. The maximum absolute atomic E-state index is 9.19. The number of hydrogen-bond donors (Lipinski definition) is 1. The predicted molar refractivity (Wildman–Crippen MR) is 63.6 cm³/mol. The third kappa shape index (κ3) is 1.82. The van der Waals surface area contributed by atoms with E-state index in [0.717, 1.165) is 15.5 Å². The van der Waals surface area contributed by atoms with Crippen molar-refractivity contribution in [3.63, 3.8) is 0 Å². The molecule has 2 aromatic rings. The Hall–Kier alpha value is -1.13. The molecular weight excluding hydrogens is 256 g/mol. The van der Waals surface area contributed by atoms with Crippen molar-refractivity contribution < 1.29 is 5.11 Å². The molecule has 4 heteroatoms. The fourth-order valence-electron chi connectivity index (χ4n) is 1.61. The van der Waals surface area contributed by atoms with E-state index in [1.165, 1.54) is 0 Å². The lowest BCUT2D eigenvalue weighted by Crippen LogP contribution is -2.01. The van der Waals surface area contributed by atoms with Gasteiger partial charge in [-0.15, -0.1) is 6.58 Å². The summed E-state index contributed by atoms with van der Waals surface area (Å²) in [5.74, 6) is 0.669. The van der Waals surface area contributed by atoms with Crippen molar-refractivity contribution in [3.8, 4) is 0 Å². The summed E-state index contributed by atoms with van der Waals surface area (Å²) in [6.45, 7) is 4.30. The zero-order valence-electron chi connectivity index (χ0n) is 8.15. The van der Waals surface area contributed by atoms with Crippen LogP contribution in [0.25, 0.3) is 11.0 Å². The van der Waals surface area contributed by atoms with Gasteiger partial charge in [0.15, 0.2) is 0 Å². The zero-order valence-corrected chi connectivity index (χ0v) is 9.74. The lowest BCUT2D eigenvalue weighted by Gasteiger charge is -2.03. The van der Waals surface area contributed by atoms with Crippen LogP contribution in [0, 0.1) is 0 Å². The Kier molecular flexibility index (Phi) is 2.88. The van der Waals surface area contributed by atoms with Crippen LogP contribution < -0.4 is 0 Å². The Bertz CT molecular complexity index is 505. The number of hydrogen-bond acceptors (Lipinski definition) is 2. The van der Waals surface area contributed by atoms with Crippen LogP contribution in [0.4, 0.5) is 0 Å². The van der Waals surface area contributed by atoms with Crippen LogP contribution in [0.1, 0.15) is 5.82 Å². The highest BCUT2D eigenvalue weighted by Crippen LogP contribution is 2.21. The first-order valence-corrected chi connectivity index (χ1v) is 5.42. The largest absolute Gasteiger partial charge is 0.388 e. The molecule has 0 saturated carbocycles. The molecule has 0 amide bonds. The Morgan fingerprint density at radius 1 is 1.53 bits per heavy atom. The third-order valence-electron chi connectivity index (χ3n) is 2.24. The Morgan fingerprint density at radius 2 is 2.33 bits per heavy atom. The van der Waals surface area contributed by atoms with Crippen LogP contribution >= 0.6 is 15.9 Å². The van der Waals surface area contributed by atoms with Crippen LogP contribution in [-0.4, -0.2) is 14.7 Å². The number of aliphatic hydroxyl groups is 1. The van der Waals surface area contributed by atoms with Crippen molar-refractivity contribution in [1.29, 1.82) is 0 Å². The Balaban J connectivity index is 2.68. The number of aromatic nitrogens is 2. The van der Waals surface area contributed by atoms with E-state index in [0.29, 0.717) is 12.4 Å². The van der Waals surface area contributed by atoms with Gasteiger partial charge in [-0.3, -0.25) is 0 Å². The first-order valence-electron chi connectivity index (χ1n) is 4.62. The van der Waals surface area contributed by atoms with Gasteiger partial charge in [0, 0.05) is 11.0 Å². The highest BCUT2D eigenvalue weighted by atomic mass is 79.9. The smallest absolute Gasteiger partial charge is 0.135 e. The first-order chi connectivity index (χ1) is 7.26. The molecule has 1 aromatic heterocycles. The molecule has 78 valence electrons. The van der Waals surface area contributed by atoms with Crippen molar-refractivity contribution in [2.24, 2.45) is 0 Å². The van der Waals surface area contributed by atoms with E-state index in [4.69, 9.17) is 0 Å². The lowest BCUT2D eigenvalue weighted by molar-refractivity contribution is 0.267. The quantitative estimate of drug-likeness (QED) is 0.867. The summed E-state index contributed by atoms with van der Waals surface area (Å²) >= 11 is 3.40. The second-order valence-corrected chi connectivity index (χ2v) is 4.13. The van der Waals surface area contributed by atoms with Gasteiger partial charge in [-0.2, -0.15) is 0 Å². The molecule has 0 aliphatic rings. The van der Waals surface area contributed by atoms with Gasteiger partial charge in [0.2, 0.25) is 0 Å². The molecule has 1 N–H and O–H groups in total. The van der Waals surface area contributed by atoms with Crippen LogP contribution in [0.2, 0.25) is 0 Å². The summed E-state index contributed by atoms with van der Waals surface area (Å²) in [4.78, 5) is 4.35. The van der Waals surface area contributed by atoms with Crippen molar-refractivity contribution in [2.45, 2.75) is 13.2 Å². The normalized spacial score (nSPS) is 10.8. The van der Waals surface area contributed by atoms with Crippen LogP contribution in [0.15, 0.2) is 35.3 Å². The Labute approximate surface area is 96.2 Å². The van der Waals surface area contributed by atoms with E-state index < -0.39 is 0 Å². The number of benzene rings is 1. The second-order valence-electron chi connectivity index (χ2n) is 3.22. The highest BCUT2D eigenvalue weighted by Gasteiger charge is 2.08. The van der Waals surface area contributed by atoms with Gasteiger partial charge in [-0.05, 0) is 18.2 Å². The molecule has 0 radical (unpaired) electrons. The van der Waals surface area contributed by atoms with Gasteiger partial charge in [0.05, 0.1) is 11.0 Å². The van der Waals surface area contributed by atoms with Crippen LogP contribution in [-0.2, 0) is 13.2 Å². The average molecular weight is 267 g/mol. The van der Waals surface area contributed by atoms with Gasteiger partial charge < -0.3 is 9.67 Å². The summed E-state index contributed by atoms with van der Waals surface area (Å²) in [6.07, 6.45) is 1.79. The SMILES string of the molecule is C=CCn1c(CO)nc2cc(Br)ccc21. The monoisotopic (exact) mass is 266 g/mol. The zero-order chi connectivity index (χ0) is 10.8. The van der Waals surface area contributed by atoms with Gasteiger partial charge in [0.25, 0.3) is 0 Å². The highest BCUT2D eigenvalue weighted by molar-refractivity contribution is 9.10. The first kappa shape index (κ1) is 10.4. The van der Waals surface area contributed by atoms with Gasteiger partial charge in [-0.25, -0.2) is 4.98 Å². The maximum Gasteiger partial charge on any atom is 0.135 e. The minimum Gasteiger partial charge on any atom is -0.388 e. The topological polar surface area (TPSA) is 38.0 Å². The number of rotatable bonds is 3. The number of halogens is 1. The number of fused-ring (bicyclic) bond motifs is 1. The van der Waals surface area contributed by atoms with Crippen molar-refractivity contribution in [2.75, 3.05) is 0 Å². The molecular formula is C11H11BrN2O. The van der Waals surface area contributed by atoms with E-state index in [-0.39, 0.29) is 6.61 Å². The fourth-order valence-corrected chi connectivity index (χ4v) is 1.96. The fraction of sp³-hybridized carbons (Fsp3) is 0.182. The minimum absolute atomic E-state index is 0.0554. The van der Waals surface area contributed by atoms with E-state index in [1.807, 2.05) is 22.8 Å². The summed E-state index contributed by atoms with van der Waals surface area (Å²) in [5.41, 5.74) is 1.90. The molecule has 2 rings (SSSR count). The second kappa shape index (κ2) is 4.16. The molecule has 15 heavy (non-hydrogen) atoms. The minimum atomic E-state index is -0.0554. The molecule has 1 heterocycles. The number of nitrogens with zero attached hydrogens (tertiary/aromatic N) is 2. The molecule has 0 unspecified atom stereocenters. The van der Waals surface area contributed by atoms with E-state index in [1.54, 1.807) is 6.08 Å². The molecule has 0 fully saturated rings. The molecule has 0 aliphatic carbocycles. The van der Waals surface area contributed by atoms with Crippen molar-refractivity contribution in [3.05, 3.63) is 41.2 Å². The Morgan fingerprint density at radius 3 is 3.00 bits per heavy atom. The average Bonchev–Trinajstić information content (AvgIpc) is 2.56. The molecule has 0 atom stereocenters. The number of imidazole rings is 1. The summed E-state index contributed by atoms with van der Waals surface area (Å²) in [5, 5.41) is 9.19. The molecule has 1 aromatic carbocycles. The molecule has 3 nitrogen and oxygen atoms in total. The predicted octanol–water partition coefficient (Wildman–Crippen LogP) is 2.48. The van der Waals surface area contributed by atoms with Crippen molar-refractivity contribution >= 4 is 27.0 Å². The molecule has 0 bridgehead atoms. The molecule has 0 spiro atoms. The van der Waals surface area contributed by atoms with Gasteiger partial charge >= 0.3 is 0 Å². The number of aliphatic hydroxyl groups excluding tert-OH is 1. The maximum atomic E-state index is 9.19. The van der Waals surface area contributed by atoms with E-state index in [9.17, 15) is 5.11 Å². The van der Waals surface area contributed by atoms with Crippen LogP contribution in [0.5, 0.6) is 0 Å². The van der Waals surface area contributed by atoms with E-state index >= 15 is 0 Å². The molecule has 0 aliphatic heterocycles. The molecule has 0 saturated heterocycles. The van der Waals surface area contributed by atoms with Gasteiger partial charge in [0.1, 0.15) is 12.4 Å². The third-order valence-corrected chi connectivity index (χ3v) is 2.74. The summed E-state index contributed by atoms with van der Waals surface area (Å²) < 4.78 is 2.94. The standard InChI is InChI=1S/C11H11BrN2O/c1-2-5-14-10-4-3-8(12)6-9(10)13-11(14)7-15/h2-4,6,15H,1,5,7H2.